The smallest absolute Gasteiger partial charge is 0.227 e. The number of nitrogens with one attached hydrogen (secondary N) is 1. The van der Waals surface area contributed by atoms with Crippen molar-refractivity contribution in [3.63, 3.8) is 0 Å². The number of piperidine rings is 1. The van der Waals surface area contributed by atoms with Gasteiger partial charge in [-0.15, -0.1) is 0 Å². The van der Waals surface area contributed by atoms with Gasteiger partial charge in [0.25, 0.3) is 0 Å². The van der Waals surface area contributed by atoms with Gasteiger partial charge in [0, 0.05) is 18.8 Å². The van der Waals surface area contributed by atoms with Crippen LogP contribution in [0.3, 0.4) is 0 Å². The average Bonchev–Trinajstić information content (AvgIpc) is 2.45. The van der Waals surface area contributed by atoms with Gasteiger partial charge in [-0.25, -0.2) is 0 Å². The molecule has 102 valence electrons. The first kappa shape index (κ1) is 12.7. The Morgan fingerprint density at radius 3 is 2.35 bits per heavy atom. The van der Waals surface area contributed by atoms with E-state index < -0.39 is 0 Å². The van der Waals surface area contributed by atoms with Crippen LogP contribution in [0.1, 0.15) is 24.3 Å². The van der Waals surface area contributed by atoms with Gasteiger partial charge >= 0.3 is 0 Å². The van der Waals surface area contributed by atoms with Crippen LogP contribution in [0, 0.1) is 0 Å². The van der Waals surface area contributed by atoms with E-state index in [1.165, 1.54) is 0 Å². The summed E-state index contributed by atoms with van der Waals surface area (Å²) in [5.41, 5.74) is 1.03. The Kier molecular flexibility index (Phi) is 3.14. The van der Waals surface area contributed by atoms with Gasteiger partial charge in [-0.3, -0.25) is 14.9 Å². The van der Waals surface area contributed by atoms with Crippen molar-refractivity contribution >= 4 is 22.6 Å². The predicted molar refractivity (Wildman–Crippen MR) is 75.6 cm³/mol. The van der Waals surface area contributed by atoms with Crippen molar-refractivity contribution in [2.45, 2.75) is 18.8 Å². The summed E-state index contributed by atoms with van der Waals surface area (Å²) in [6.45, 7) is 0. The molecule has 2 aromatic rings. The van der Waals surface area contributed by atoms with Gasteiger partial charge in [0.05, 0.1) is 7.11 Å². The van der Waals surface area contributed by atoms with Gasteiger partial charge in [-0.2, -0.15) is 0 Å². The summed E-state index contributed by atoms with van der Waals surface area (Å²) >= 11 is 0. The third-order valence-electron chi connectivity index (χ3n) is 3.69. The van der Waals surface area contributed by atoms with E-state index in [-0.39, 0.29) is 17.7 Å². The standard InChI is InChI=1S/C16H15NO3/c1-20-14-5-4-10-6-11(2-3-12(10)7-14)13-8-15(18)17-16(19)9-13/h2-7,13H,8-9H2,1H3,(H,17,18,19). The molecule has 3 rings (SSSR count). The van der Waals surface area contributed by atoms with Crippen molar-refractivity contribution in [2.24, 2.45) is 0 Å². The van der Waals surface area contributed by atoms with E-state index in [1.807, 2.05) is 36.4 Å². The monoisotopic (exact) mass is 269 g/mol. The van der Waals surface area contributed by atoms with Crippen LogP contribution in [-0.4, -0.2) is 18.9 Å². The van der Waals surface area contributed by atoms with Crippen LogP contribution in [0.15, 0.2) is 36.4 Å². The van der Waals surface area contributed by atoms with Crippen molar-refractivity contribution in [3.05, 3.63) is 42.0 Å². The number of hydrogen-bond donors (Lipinski definition) is 1. The lowest BCUT2D eigenvalue weighted by Crippen LogP contribution is -2.37. The van der Waals surface area contributed by atoms with Crippen molar-refractivity contribution in [1.82, 2.24) is 5.32 Å². The Morgan fingerprint density at radius 1 is 1.00 bits per heavy atom. The molecule has 2 aromatic carbocycles. The number of carbonyl (C=O) groups is 2. The molecule has 0 radical (unpaired) electrons. The van der Waals surface area contributed by atoms with Gasteiger partial charge in [-0.05, 0) is 28.5 Å². The summed E-state index contributed by atoms with van der Waals surface area (Å²) in [5.74, 6) is 0.405. The van der Waals surface area contributed by atoms with E-state index in [2.05, 4.69) is 5.32 Å². The summed E-state index contributed by atoms with van der Waals surface area (Å²) in [7, 11) is 1.64. The molecule has 1 saturated heterocycles. The normalized spacial score (nSPS) is 16.2. The molecule has 0 saturated carbocycles. The van der Waals surface area contributed by atoms with E-state index in [0.717, 1.165) is 22.1 Å². The summed E-state index contributed by atoms with van der Waals surface area (Å²) in [6.07, 6.45) is 0.737. The Morgan fingerprint density at radius 2 is 1.65 bits per heavy atom. The molecule has 0 atom stereocenters. The first-order chi connectivity index (χ1) is 9.65. The summed E-state index contributed by atoms with van der Waals surface area (Å²) in [4.78, 5) is 22.9. The number of fused-ring (bicyclic) bond motifs is 1. The van der Waals surface area contributed by atoms with Gasteiger partial charge in [0.15, 0.2) is 0 Å². The largest absolute Gasteiger partial charge is 0.497 e. The van der Waals surface area contributed by atoms with Gasteiger partial charge in [0.2, 0.25) is 11.8 Å². The second-order valence-corrected chi connectivity index (χ2v) is 5.05. The zero-order valence-electron chi connectivity index (χ0n) is 11.2. The fourth-order valence-electron chi connectivity index (χ4n) is 2.64. The zero-order chi connectivity index (χ0) is 14.1. The molecule has 1 aliphatic rings. The topological polar surface area (TPSA) is 55.4 Å². The Hall–Kier alpha value is -2.36. The molecule has 1 fully saturated rings. The van der Waals surface area contributed by atoms with Crippen molar-refractivity contribution in [2.75, 3.05) is 7.11 Å². The third-order valence-corrected chi connectivity index (χ3v) is 3.69. The molecule has 1 N–H and O–H groups in total. The van der Waals surface area contributed by atoms with Crippen LogP contribution >= 0.6 is 0 Å². The highest BCUT2D eigenvalue weighted by Crippen LogP contribution is 2.30. The SMILES string of the molecule is COc1ccc2cc(C3CC(=O)NC(=O)C3)ccc2c1. The number of methoxy groups -OCH3 is 1. The van der Waals surface area contributed by atoms with Crippen LogP contribution < -0.4 is 10.1 Å². The van der Waals surface area contributed by atoms with Crippen molar-refractivity contribution in [1.29, 1.82) is 0 Å². The second-order valence-electron chi connectivity index (χ2n) is 5.05. The minimum absolute atomic E-state index is 0.0252. The lowest BCUT2D eigenvalue weighted by molar-refractivity contribution is -0.133. The lowest BCUT2D eigenvalue weighted by Gasteiger charge is -2.21. The highest BCUT2D eigenvalue weighted by Gasteiger charge is 2.26. The van der Waals surface area contributed by atoms with E-state index in [1.54, 1.807) is 7.11 Å². The summed E-state index contributed by atoms with van der Waals surface area (Å²) in [6, 6.07) is 11.9. The van der Waals surface area contributed by atoms with Crippen molar-refractivity contribution < 1.29 is 14.3 Å². The highest BCUT2D eigenvalue weighted by atomic mass is 16.5. The first-order valence-corrected chi connectivity index (χ1v) is 6.56. The Balaban J connectivity index is 1.96. The van der Waals surface area contributed by atoms with E-state index >= 15 is 0 Å². The highest BCUT2D eigenvalue weighted by molar-refractivity contribution is 5.98. The molecule has 4 heteroatoms. The molecule has 1 heterocycles. The van der Waals surface area contributed by atoms with E-state index in [9.17, 15) is 9.59 Å². The van der Waals surface area contributed by atoms with Crippen LogP contribution in [-0.2, 0) is 9.59 Å². The molecule has 0 spiro atoms. The number of benzene rings is 2. The molecule has 20 heavy (non-hydrogen) atoms. The quantitative estimate of drug-likeness (QED) is 0.851. The zero-order valence-corrected chi connectivity index (χ0v) is 11.2. The van der Waals surface area contributed by atoms with Gasteiger partial charge < -0.3 is 4.74 Å². The van der Waals surface area contributed by atoms with Crippen LogP contribution in [0.4, 0.5) is 0 Å². The molecule has 2 amide bonds. The molecule has 0 aliphatic carbocycles. The first-order valence-electron chi connectivity index (χ1n) is 6.56. The van der Waals surface area contributed by atoms with Crippen LogP contribution in [0.25, 0.3) is 10.8 Å². The summed E-state index contributed by atoms with van der Waals surface area (Å²) in [5, 5.41) is 4.50. The predicted octanol–water partition coefficient (Wildman–Crippen LogP) is 2.37. The molecule has 4 nitrogen and oxygen atoms in total. The maximum atomic E-state index is 11.5. The van der Waals surface area contributed by atoms with Gasteiger partial charge in [-0.1, -0.05) is 24.3 Å². The van der Waals surface area contributed by atoms with Crippen molar-refractivity contribution in [3.8, 4) is 5.75 Å². The molecule has 1 aliphatic heterocycles. The third kappa shape index (κ3) is 2.37. The Bertz CT molecular complexity index is 677. The summed E-state index contributed by atoms with van der Waals surface area (Å²) < 4.78 is 5.20. The Labute approximate surface area is 116 Å². The maximum absolute atomic E-state index is 11.5. The molecule has 0 unspecified atom stereocenters. The second kappa shape index (κ2) is 4.96. The lowest BCUT2D eigenvalue weighted by atomic mass is 9.88. The fraction of sp³-hybridized carbons (Fsp3) is 0.250. The molecule has 0 bridgehead atoms. The minimum Gasteiger partial charge on any atom is -0.497 e. The number of carbonyl (C=O) groups excluding carboxylic acids is 2. The molecule has 0 aromatic heterocycles. The number of ether oxygens (including phenoxy) is 1. The molecular formula is C16H15NO3. The maximum Gasteiger partial charge on any atom is 0.227 e. The average molecular weight is 269 g/mol. The number of imide groups is 1. The minimum atomic E-state index is -0.193. The van der Waals surface area contributed by atoms with E-state index in [4.69, 9.17) is 4.74 Å². The number of rotatable bonds is 2. The molecular weight excluding hydrogens is 254 g/mol. The fourth-order valence-corrected chi connectivity index (χ4v) is 2.64. The van der Waals surface area contributed by atoms with Gasteiger partial charge in [0.1, 0.15) is 5.75 Å². The number of hydrogen-bond acceptors (Lipinski definition) is 3. The number of amides is 2. The van der Waals surface area contributed by atoms with Crippen LogP contribution in [0.5, 0.6) is 5.75 Å². The van der Waals surface area contributed by atoms with E-state index in [0.29, 0.717) is 12.8 Å². The van der Waals surface area contributed by atoms with Crippen LogP contribution in [0.2, 0.25) is 0 Å².